The third kappa shape index (κ3) is 4.37. The van der Waals surface area contributed by atoms with Crippen molar-refractivity contribution in [2.45, 2.75) is 39.2 Å². The number of carbonyl (C=O) groups is 2. The first-order valence-electron chi connectivity index (χ1n) is 9.16. The lowest BCUT2D eigenvalue weighted by Gasteiger charge is -2.19. The Morgan fingerprint density at radius 2 is 1.96 bits per heavy atom. The van der Waals surface area contributed by atoms with Crippen LogP contribution in [0.1, 0.15) is 41.1 Å². The Bertz CT molecular complexity index is 895. The minimum Gasteiger partial charge on any atom is -0.341 e. The van der Waals surface area contributed by atoms with Crippen molar-refractivity contribution in [2.24, 2.45) is 5.92 Å². The lowest BCUT2D eigenvalue weighted by Crippen LogP contribution is -2.47. The van der Waals surface area contributed by atoms with Crippen LogP contribution in [0.25, 0.3) is 10.4 Å². The zero-order valence-corrected chi connectivity index (χ0v) is 16.4. The fraction of sp³-hybridized carbons (Fsp3) is 0.381. The molecule has 1 atom stereocenters. The molecule has 0 aliphatic heterocycles. The Hall–Kier alpha value is -2.65. The van der Waals surface area contributed by atoms with Gasteiger partial charge in [0.2, 0.25) is 5.91 Å². The van der Waals surface area contributed by atoms with E-state index in [-0.39, 0.29) is 24.3 Å². The predicted octanol–water partition coefficient (Wildman–Crippen LogP) is 3.30. The molecule has 0 bridgehead atoms. The molecule has 0 unspecified atom stereocenters. The highest BCUT2D eigenvalue weighted by atomic mass is 32.1. The number of benzene rings is 1. The molecule has 0 radical (unpaired) electrons. The first-order valence-corrected chi connectivity index (χ1v) is 9.97. The monoisotopic (exact) mass is 381 g/mol. The summed E-state index contributed by atoms with van der Waals surface area (Å²) in [5.74, 6) is -0.304. The third-order valence-corrected chi connectivity index (χ3v) is 5.84. The summed E-state index contributed by atoms with van der Waals surface area (Å²) in [7, 11) is 0. The second-order valence-electron chi connectivity index (χ2n) is 7.15. The first-order chi connectivity index (χ1) is 13.0. The average Bonchev–Trinajstić information content (AvgIpc) is 3.10. The van der Waals surface area contributed by atoms with E-state index in [2.05, 4.69) is 22.8 Å². The SMILES string of the molecule is CC(C)C[C@H](NC(=O)c1cc2c(s1)-c1ccccc1CC2)C(=O)NCC#N. The highest BCUT2D eigenvalue weighted by Crippen LogP contribution is 2.39. The van der Waals surface area contributed by atoms with Gasteiger partial charge in [0, 0.05) is 4.88 Å². The van der Waals surface area contributed by atoms with E-state index in [0.717, 1.165) is 17.7 Å². The maximum absolute atomic E-state index is 12.8. The molecule has 6 heteroatoms. The molecule has 3 rings (SSSR count). The van der Waals surface area contributed by atoms with Crippen molar-refractivity contribution in [3.63, 3.8) is 0 Å². The van der Waals surface area contributed by atoms with Crippen molar-refractivity contribution < 1.29 is 9.59 Å². The summed E-state index contributed by atoms with van der Waals surface area (Å²) in [5.41, 5.74) is 3.71. The van der Waals surface area contributed by atoms with Gasteiger partial charge in [0.15, 0.2) is 0 Å². The van der Waals surface area contributed by atoms with E-state index in [0.29, 0.717) is 11.3 Å². The molecular formula is C21H23N3O2S. The van der Waals surface area contributed by atoms with Crippen LogP contribution >= 0.6 is 11.3 Å². The van der Waals surface area contributed by atoms with Crippen LogP contribution in [0.15, 0.2) is 30.3 Å². The van der Waals surface area contributed by atoms with Crippen molar-refractivity contribution in [3.8, 4) is 16.5 Å². The van der Waals surface area contributed by atoms with Crippen LogP contribution in [0, 0.1) is 17.2 Å². The van der Waals surface area contributed by atoms with E-state index in [1.54, 1.807) is 0 Å². The molecule has 1 aliphatic rings. The number of nitrogens with zero attached hydrogens (tertiary/aromatic N) is 1. The molecule has 1 aliphatic carbocycles. The van der Waals surface area contributed by atoms with E-state index >= 15 is 0 Å². The number of amides is 2. The normalized spacial score (nSPS) is 13.3. The lowest BCUT2D eigenvalue weighted by atomic mass is 9.91. The molecule has 0 spiro atoms. The summed E-state index contributed by atoms with van der Waals surface area (Å²) >= 11 is 1.48. The van der Waals surface area contributed by atoms with Crippen LogP contribution < -0.4 is 10.6 Å². The number of fused-ring (bicyclic) bond motifs is 3. The number of aryl methyl sites for hydroxylation is 2. The zero-order valence-electron chi connectivity index (χ0n) is 15.5. The van der Waals surface area contributed by atoms with Crippen LogP contribution in [-0.2, 0) is 17.6 Å². The van der Waals surface area contributed by atoms with Gasteiger partial charge in [-0.1, -0.05) is 38.1 Å². The van der Waals surface area contributed by atoms with Crippen LogP contribution in [-0.4, -0.2) is 24.4 Å². The Morgan fingerprint density at radius 1 is 1.22 bits per heavy atom. The number of nitrogens with one attached hydrogen (secondary N) is 2. The smallest absolute Gasteiger partial charge is 0.262 e. The number of nitriles is 1. The van der Waals surface area contributed by atoms with Gasteiger partial charge in [-0.05, 0) is 47.9 Å². The summed E-state index contributed by atoms with van der Waals surface area (Å²) in [4.78, 5) is 26.9. The molecule has 0 saturated carbocycles. The topological polar surface area (TPSA) is 82.0 Å². The average molecular weight is 382 g/mol. The Balaban J connectivity index is 1.79. The summed E-state index contributed by atoms with van der Waals surface area (Å²) in [6.07, 6.45) is 2.43. The van der Waals surface area contributed by atoms with Gasteiger partial charge in [-0.3, -0.25) is 9.59 Å². The van der Waals surface area contributed by atoms with Gasteiger partial charge in [0.05, 0.1) is 10.9 Å². The van der Waals surface area contributed by atoms with Gasteiger partial charge >= 0.3 is 0 Å². The van der Waals surface area contributed by atoms with Crippen molar-refractivity contribution in [1.82, 2.24) is 10.6 Å². The first kappa shape index (κ1) is 19.1. The van der Waals surface area contributed by atoms with E-state index in [1.165, 1.54) is 28.0 Å². The largest absolute Gasteiger partial charge is 0.341 e. The quantitative estimate of drug-likeness (QED) is 0.753. The van der Waals surface area contributed by atoms with Crippen molar-refractivity contribution in [3.05, 3.63) is 46.3 Å². The number of rotatable bonds is 6. The van der Waals surface area contributed by atoms with Crippen LogP contribution in [0.5, 0.6) is 0 Å². The van der Waals surface area contributed by atoms with Gasteiger partial charge in [0.25, 0.3) is 5.91 Å². The van der Waals surface area contributed by atoms with Gasteiger partial charge in [-0.15, -0.1) is 11.3 Å². The highest BCUT2D eigenvalue weighted by molar-refractivity contribution is 7.17. The summed E-state index contributed by atoms with van der Waals surface area (Å²) < 4.78 is 0. The molecule has 0 saturated heterocycles. The standard InChI is InChI=1S/C21H23N3O2S/c1-13(2)11-17(20(25)23-10-9-22)24-21(26)18-12-15-8-7-14-5-3-4-6-16(14)19(15)27-18/h3-6,12-13,17H,7-8,10-11H2,1-2H3,(H,23,25)(H,24,26)/t17-/m0/s1. The van der Waals surface area contributed by atoms with E-state index in [9.17, 15) is 9.59 Å². The van der Waals surface area contributed by atoms with Gasteiger partial charge in [-0.2, -0.15) is 5.26 Å². The molecule has 5 nitrogen and oxygen atoms in total. The molecule has 1 heterocycles. The molecule has 140 valence electrons. The van der Waals surface area contributed by atoms with Gasteiger partial charge < -0.3 is 10.6 Å². The molecule has 2 amide bonds. The second-order valence-corrected chi connectivity index (χ2v) is 8.21. The molecule has 2 aromatic rings. The fourth-order valence-electron chi connectivity index (χ4n) is 3.37. The Morgan fingerprint density at radius 3 is 2.70 bits per heavy atom. The fourth-order valence-corrected chi connectivity index (χ4v) is 4.54. The minimum absolute atomic E-state index is 0.0621. The minimum atomic E-state index is -0.641. The van der Waals surface area contributed by atoms with Crippen molar-refractivity contribution in [2.75, 3.05) is 6.54 Å². The lowest BCUT2D eigenvalue weighted by molar-refractivity contribution is -0.123. The van der Waals surface area contributed by atoms with Crippen molar-refractivity contribution in [1.29, 1.82) is 5.26 Å². The van der Waals surface area contributed by atoms with Gasteiger partial charge in [0.1, 0.15) is 12.6 Å². The summed E-state index contributed by atoms with van der Waals surface area (Å²) in [5, 5.41) is 14.1. The molecule has 2 N–H and O–H groups in total. The Labute approximate surface area is 163 Å². The molecule has 1 aromatic heterocycles. The van der Waals surface area contributed by atoms with Crippen LogP contribution in [0.3, 0.4) is 0 Å². The molecule has 27 heavy (non-hydrogen) atoms. The van der Waals surface area contributed by atoms with Crippen LogP contribution in [0.2, 0.25) is 0 Å². The Kier molecular flexibility index (Phi) is 5.92. The van der Waals surface area contributed by atoms with E-state index < -0.39 is 6.04 Å². The highest BCUT2D eigenvalue weighted by Gasteiger charge is 2.25. The van der Waals surface area contributed by atoms with Gasteiger partial charge in [-0.25, -0.2) is 0 Å². The van der Waals surface area contributed by atoms with Crippen LogP contribution in [0.4, 0.5) is 0 Å². The number of thiophene rings is 1. The predicted molar refractivity (Wildman–Crippen MR) is 106 cm³/mol. The molecule has 0 fully saturated rings. The van der Waals surface area contributed by atoms with E-state index in [1.807, 2.05) is 38.1 Å². The summed E-state index contributed by atoms with van der Waals surface area (Å²) in [6, 6.07) is 11.5. The number of hydrogen-bond donors (Lipinski definition) is 2. The third-order valence-electron chi connectivity index (χ3n) is 4.63. The number of hydrogen-bond acceptors (Lipinski definition) is 4. The molecular weight excluding hydrogens is 358 g/mol. The maximum atomic E-state index is 12.8. The zero-order chi connectivity index (χ0) is 19.4. The number of carbonyl (C=O) groups excluding carboxylic acids is 2. The van der Waals surface area contributed by atoms with E-state index in [4.69, 9.17) is 5.26 Å². The molecule has 1 aromatic carbocycles. The second kappa shape index (κ2) is 8.36. The summed E-state index contributed by atoms with van der Waals surface area (Å²) in [6.45, 7) is 3.93. The van der Waals surface area contributed by atoms with Crippen molar-refractivity contribution >= 4 is 23.2 Å². The maximum Gasteiger partial charge on any atom is 0.262 e.